The molecule has 2 aromatic rings. The average molecular weight is 430 g/mol. The van der Waals surface area contributed by atoms with Gasteiger partial charge in [-0.25, -0.2) is 4.39 Å². The first-order valence-corrected chi connectivity index (χ1v) is 11.0. The second-order valence-corrected chi connectivity index (χ2v) is 8.84. The molecule has 0 spiro atoms. The van der Waals surface area contributed by atoms with E-state index in [0.29, 0.717) is 36.6 Å². The van der Waals surface area contributed by atoms with Crippen LogP contribution in [0.5, 0.6) is 0 Å². The van der Waals surface area contributed by atoms with Gasteiger partial charge < -0.3 is 9.64 Å². The van der Waals surface area contributed by atoms with E-state index in [9.17, 15) is 14.0 Å². The predicted molar refractivity (Wildman–Crippen MR) is 116 cm³/mol. The fraction of sp³-hybridized carbons (Fsp3) is 0.542. The third-order valence-electron chi connectivity index (χ3n) is 5.83. The number of esters is 1. The molecule has 1 aromatic carbocycles. The molecule has 2 heterocycles. The highest BCUT2D eigenvalue weighted by molar-refractivity contribution is 5.93. The van der Waals surface area contributed by atoms with Gasteiger partial charge in [-0.2, -0.15) is 5.10 Å². The summed E-state index contributed by atoms with van der Waals surface area (Å²) in [5.41, 5.74) is 0.873. The zero-order valence-electron chi connectivity index (χ0n) is 18.9. The number of halogens is 1. The Hall–Kier alpha value is -2.70. The number of ether oxygens (including phenoxy) is 1. The van der Waals surface area contributed by atoms with E-state index in [1.165, 1.54) is 6.07 Å². The van der Waals surface area contributed by atoms with E-state index >= 15 is 0 Å². The van der Waals surface area contributed by atoms with Crippen LogP contribution in [0.3, 0.4) is 0 Å². The second-order valence-electron chi connectivity index (χ2n) is 8.84. The molecule has 0 aliphatic carbocycles. The van der Waals surface area contributed by atoms with Gasteiger partial charge in [0.15, 0.2) is 0 Å². The normalized spacial score (nSPS) is 19.0. The van der Waals surface area contributed by atoms with E-state index in [4.69, 9.17) is 4.74 Å². The lowest BCUT2D eigenvalue weighted by Crippen LogP contribution is -2.52. The Kier molecular flexibility index (Phi) is 7.13. The maximum Gasteiger partial charge on any atom is 0.314 e. The summed E-state index contributed by atoms with van der Waals surface area (Å²) in [4.78, 5) is 28.1. The Bertz CT molecular complexity index is 940. The molecule has 1 atom stereocenters. The van der Waals surface area contributed by atoms with Crippen molar-refractivity contribution in [2.45, 2.75) is 46.5 Å². The summed E-state index contributed by atoms with van der Waals surface area (Å²) in [6, 6.07) is 8.31. The monoisotopic (exact) mass is 429 g/mol. The van der Waals surface area contributed by atoms with Gasteiger partial charge in [0, 0.05) is 20.1 Å². The molecule has 1 fully saturated rings. The van der Waals surface area contributed by atoms with Crippen molar-refractivity contribution < 1.29 is 18.7 Å². The lowest BCUT2D eigenvalue weighted by atomic mass is 9.75. The van der Waals surface area contributed by atoms with Crippen LogP contribution in [-0.4, -0.2) is 46.3 Å². The largest absolute Gasteiger partial charge is 0.466 e. The Labute approximate surface area is 183 Å². The first-order chi connectivity index (χ1) is 14.8. The molecule has 31 heavy (non-hydrogen) atoms. The second kappa shape index (κ2) is 9.62. The summed E-state index contributed by atoms with van der Waals surface area (Å²) >= 11 is 0. The van der Waals surface area contributed by atoms with Gasteiger partial charge in [-0.15, -0.1) is 0 Å². The van der Waals surface area contributed by atoms with Crippen LogP contribution in [-0.2, 0) is 29.4 Å². The minimum absolute atomic E-state index is 0.160. The molecule has 0 unspecified atom stereocenters. The number of amides is 1. The molecule has 168 valence electrons. The van der Waals surface area contributed by atoms with Crippen LogP contribution < -0.4 is 0 Å². The molecular weight excluding hydrogens is 397 g/mol. The third-order valence-corrected chi connectivity index (χ3v) is 5.83. The van der Waals surface area contributed by atoms with Crippen LogP contribution in [0.1, 0.15) is 55.4 Å². The van der Waals surface area contributed by atoms with Crippen molar-refractivity contribution in [3.8, 4) is 0 Å². The number of nitrogens with zero attached hydrogens (tertiary/aromatic N) is 3. The van der Waals surface area contributed by atoms with Crippen molar-refractivity contribution in [1.29, 1.82) is 0 Å². The third kappa shape index (κ3) is 5.14. The highest BCUT2D eigenvalue weighted by atomic mass is 19.1. The Balaban J connectivity index is 1.88. The molecule has 1 aliphatic rings. The Morgan fingerprint density at radius 2 is 2.03 bits per heavy atom. The highest BCUT2D eigenvalue weighted by Gasteiger charge is 2.45. The molecule has 0 bridgehead atoms. The quantitative estimate of drug-likeness (QED) is 0.629. The van der Waals surface area contributed by atoms with E-state index < -0.39 is 5.41 Å². The smallest absolute Gasteiger partial charge is 0.314 e. The van der Waals surface area contributed by atoms with E-state index in [0.717, 1.165) is 12.1 Å². The highest BCUT2D eigenvalue weighted by Crippen LogP contribution is 2.36. The number of piperidine rings is 1. The molecule has 3 rings (SSSR count). The summed E-state index contributed by atoms with van der Waals surface area (Å²) in [5.74, 6) is -0.446. The van der Waals surface area contributed by atoms with E-state index in [-0.39, 0.29) is 37.3 Å². The fourth-order valence-corrected chi connectivity index (χ4v) is 4.39. The maximum absolute atomic E-state index is 14.4. The van der Waals surface area contributed by atoms with E-state index in [1.807, 2.05) is 6.07 Å². The van der Waals surface area contributed by atoms with Crippen LogP contribution >= 0.6 is 0 Å². The summed E-state index contributed by atoms with van der Waals surface area (Å²) < 4.78 is 21.4. The minimum atomic E-state index is -0.967. The maximum atomic E-state index is 14.4. The van der Waals surface area contributed by atoms with Crippen LogP contribution in [0.15, 0.2) is 30.3 Å². The van der Waals surface area contributed by atoms with Crippen molar-refractivity contribution in [1.82, 2.24) is 14.7 Å². The fourth-order valence-electron chi connectivity index (χ4n) is 4.39. The van der Waals surface area contributed by atoms with Crippen molar-refractivity contribution >= 4 is 11.9 Å². The lowest BCUT2D eigenvalue weighted by molar-refractivity contribution is -0.158. The zero-order valence-corrected chi connectivity index (χ0v) is 18.9. The number of hydrogen-bond acceptors (Lipinski definition) is 4. The Morgan fingerprint density at radius 3 is 2.71 bits per heavy atom. The summed E-state index contributed by atoms with van der Waals surface area (Å²) in [6.07, 6.45) is 2.19. The van der Waals surface area contributed by atoms with E-state index in [2.05, 4.69) is 18.9 Å². The first kappa shape index (κ1) is 23.0. The lowest BCUT2D eigenvalue weighted by Gasteiger charge is -2.41. The number of hydrogen-bond donors (Lipinski definition) is 0. The van der Waals surface area contributed by atoms with Crippen LogP contribution in [0, 0.1) is 17.2 Å². The molecule has 1 aliphatic heterocycles. The molecule has 1 saturated heterocycles. The van der Waals surface area contributed by atoms with Gasteiger partial charge in [-0.3, -0.25) is 14.3 Å². The number of likely N-dealkylation sites (tertiary alicyclic amines) is 1. The molecule has 0 N–H and O–H groups in total. The van der Waals surface area contributed by atoms with Gasteiger partial charge in [0.2, 0.25) is 0 Å². The molecule has 7 heteroatoms. The predicted octanol–water partition coefficient (Wildman–Crippen LogP) is 3.79. The number of carbonyl (C=O) groups is 2. The number of aromatic nitrogens is 2. The van der Waals surface area contributed by atoms with Gasteiger partial charge >= 0.3 is 5.97 Å². The zero-order chi connectivity index (χ0) is 22.6. The summed E-state index contributed by atoms with van der Waals surface area (Å²) in [6.45, 7) is 6.96. The van der Waals surface area contributed by atoms with Gasteiger partial charge in [0.25, 0.3) is 5.91 Å². The van der Waals surface area contributed by atoms with Gasteiger partial charge in [-0.1, -0.05) is 32.0 Å². The SMILES string of the molecule is CCOC(=O)[C@]1(Cc2ccccc2F)CCCN(C(=O)c2cc(CC(C)C)nn2C)C1. The van der Waals surface area contributed by atoms with Crippen molar-refractivity contribution in [3.05, 3.63) is 53.1 Å². The van der Waals surface area contributed by atoms with Crippen molar-refractivity contribution in [2.24, 2.45) is 18.4 Å². The van der Waals surface area contributed by atoms with Gasteiger partial charge in [0.05, 0.1) is 17.7 Å². The molecule has 1 amide bonds. The number of benzene rings is 1. The molecule has 1 aromatic heterocycles. The van der Waals surface area contributed by atoms with Crippen LogP contribution in [0.4, 0.5) is 4.39 Å². The van der Waals surface area contributed by atoms with Gasteiger partial charge in [-0.05, 0) is 56.2 Å². The van der Waals surface area contributed by atoms with Crippen molar-refractivity contribution in [2.75, 3.05) is 19.7 Å². The summed E-state index contributed by atoms with van der Waals surface area (Å²) in [5, 5.41) is 4.47. The van der Waals surface area contributed by atoms with Crippen molar-refractivity contribution in [3.63, 3.8) is 0 Å². The number of aryl methyl sites for hydroxylation is 1. The van der Waals surface area contributed by atoms with Crippen LogP contribution in [0.25, 0.3) is 0 Å². The van der Waals surface area contributed by atoms with E-state index in [1.54, 1.807) is 41.8 Å². The van der Waals surface area contributed by atoms with Gasteiger partial charge in [0.1, 0.15) is 11.5 Å². The topological polar surface area (TPSA) is 64.4 Å². The standard InChI is InChI=1S/C24H32FN3O3/c1-5-31-23(30)24(15-18-9-6-7-10-20(18)25)11-8-12-28(16-24)22(29)21-14-19(13-17(2)3)26-27(21)4/h6-7,9-10,14,17H,5,8,11-13,15-16H2,1-4H3/t24-/m0/s1. The molecule has 6 nitrogen and oxygen atoms in total. The average Bonchev–Trinajstić information content (AvgIpc) is 3.08. The summed E-state index contributed by atoms with van der Waals surface area (Å²) in [7, 11) is 1.76. The molecular formula is C24H32FN3O3. The Morgan fingerprint density at radius 1 is 1.29 bits per heavy atom. The minimum Gasteiger partial charge on any atom is -0.466 e. The van der Waals surface area contributed by atoms with Crippen LogP contribution in [0.2, 0.25) is 0 Å². The number of carbonyl (C=O) groups excluding carboxylic acids is 2. The number of rotatable bonds is 7. The first-order valence-electron chi connectivity index (χ1n) is 11.0. The molecule has 0 saturated carbocycles. The molecule has 0 radical (unpaired) electrons.